The third-order valence-corrected chi connectivity index (χ3v) is 2.86. The zero-order valence-electron chi connectivity index (χ0n) is 9.99. The number of benzene rings is 1. The Kier molecular flexibility index (Phi) is 4.83. The fourth-order valence-electron chi connectivity index (χ4n) is 1.65. The molecule has 1 aromatic rings. The zero-order chi connectivity index (χ0) is 12.0. The highest BCUT2D eigenvalue weighted by Gasteiger charge is 2.10. The van der Waals surface area contributed by atoms with Gasteiger partial charge < -0.3 is 11.1 Å². The van der Waals surface area contributed by atoms with Gasteiger partial charge in [0.25, 0.3) is 0 Å². The number of nitrogens with one attached hydrogen (secondary N) is 1. The van der Waals surface area contributed by atoms with Crippen LogP contribution >= 0.6 is 0 Å². The van der Waals surface area contributed by atoms with E-state index in [0.29, 0.717) is 23.7 Å². The topological polar surface area (TPSA) is 55.1 Å². The van der Waals surface area contributed by atoms with Gasteiger partial charge in [0.15, 0.2) is 0 Å². The van der Waals surface area contributed by atoms with Crippen molar-refractivity contribution in [2.45, 2.75) is 33.1 Å². The average molecular weight is 220 g/mol. The first kappa shape index (κ1) is 12.6. The van der Waals surface area contributed by atoms with Crippen LogP contribution in [0.25, 0.3) is 0 Å². The van der Waals surface area contributed by atoms with Crippen LogP contribution in [0.4, 0.5) is 11.4 Å². The lowest BCUT2D eigenvalue weighted by Crippen LogP contribution is -2.16. The molecule has 0 radical (unpaired) electrons. The Labute approximate surface area is 97.0 Å². The van der Waals surface area contributed by atoms with E-state index in [1.807, 2.05) is 18.2 Å². The minimum Gasteiger partial charge on any atom is -0.397 e. The van der Waals surface area contributed by atoms with E-state index >= 15 is 0 Å². The average Bonchev–Trinajstić information content (AvgIpc) is 2.29. The third kappa shape index (κ3) is 3.57. The third-order valence-electron chi connectivity index (χ3n) is 2.86. The molecule has 1 amide bonds. The fraction of sp³-hybridized carbons (Fsp3) is 0.462. The first-order chi connectivity index (χ1) is 7.67. The molecule has 0 fully saturated rings. The predicted octanol–water partition coefficient (Wildman–Crippen LogP) is 3.03. The Morgan fingerprint density at radius 2 is 1.94 bits per heavy atom. The van der Waals surface area contributed by atoms with Gasteiger partial charge in [-0.2, -0.15) is 0 Å². The standard InChI is InChI=1S/C13H20N2O/c1-3-10(4-2)9-13(16)15-12-8-6-5-7-11(12)14/h5-8,10H,3-4,9,14H2,1-2H3,(H,15,16). The number of carbonyl (C=O) groups excluding carboxylic acids is 1. The Balaban J connectivity index is 2.55. The van der Waals surface area contributed by atoms with Crippen molar-refractivity contribution in [2.75, 3.05) is 11.1 Å². The first-order valence-corrected chi connectivity index (χ1v) is 5.81. The maximum atomic E-state index is 11.7. The zero-order valence-corrected chi connectivity index (χ0v) is 9.99. The highest BCUT2D eigenvalue weighted by molar-refractivity contribution is 5.93. The van der Waals surface area contributed by atoms with Gasteiger partial charge in [-0.25, -0.2) is 0 Å². The van der Waals surface area contributed by atoms with Gasteiger partial charge in [-0.05, 0) is 18.1 Å². The van der Waals surface area contributed by atoms with Crippen LogP contribution in [-0.4, -0.2) is 5.91 Å². The largest absolute Gasteiger partial charge is 0.397 e. The fourth-order valence-corrected chi connectivity index (χ4v) is 1.65. The smallest absolute Gasteiger partial charge is 0.224 e. The highest BCUT2D eigenvalue weighted by Crippen LogP contribution is 2.19. The second-order valence-electron chi connectivity index (χ2n) is 4.02. The molecule has 0 spiro atoms. The lowest BCUT2D eigenvalue weighted by Gasteiger charge is -2.12. The summed E-state index contributed by atoms with van der Waals surface area (Å²) in [6, 6.07) is 7.32. The summed E-state index contributed by atoms with van der Waals surface area (Å²) in [5.41, 5.74) is 7.07. The van der Waals surface area contributed by atoms with Crippen molar-refractivity contribution < 1.29 is 4.79 Å². The summed E-state index contributed by atoms with van der Waals surface area (Å²) in [7, 11) is 0. The van der Waals surface area contributed by atoms with Crippen molar-refractivity contribution in [1.82, 2.24) is 0 Å². The molecule has 0 saturated carbocycles. The van der Waals surface area contributed by atoms with E-state index < -0.39 is 0 Å². The molecule has 0 heterocycles. The monoisotopic (exact) mass is 220 g/mol. The van der Waals surface area contributed by atoms with E-state index in [1.54, 1.807) is 6.07 Å². The van der Waals surface area contributed by atoms with Crippen LogP contribution in [0.5, 0.6) is 0 Å². The Hall–Kier alpha value is -1.51. The number of nitrogens with two attached hydrogens (primary N) is 1. The summed E-state index contributed by atoms with van der Waals surface area (Å²) < 4.78 is 0. The molecule has 3 heteroatoms. The molecule has 0 atom stereocenters. The number of nitrogen functional groups attached to an aromatic ring is 1. The number of hydrogen-bond acceptors (Lipinski definition) is 2. The molecule has 0 aliphatic rings. The van der Waals surface area contributed by atoms with Crippen molar-refractivity contribution in [1.29, 1.82) is 0 Å². The molecular weight excluding hydrogens is 200 g/mol. The molecule has 1 aromatic carbocycles. The molecule has 0 unspecified atom stereocenters. The Morgan fingerprint density at radius 3 is 2.50 bits per heavy atom. The van der Waals surface area contributed by atoms with Crippen LogP contribution in [0.3, 0.4) is 0 Å². The molecule has 88 valence electrons. The second kappa shape index (κ2) is 6.16. The van der Waals surface area contributed by atoms with E-state index in [-0.39, 0.29) is 5.91 Å². The number of carbonyl (C=O) groups is 1. The lowest BCUT2D eigenvalue weighted by molar-refractivity contribution is -0.117. The molecule has 3 nitrogen and oxygen atoms in total. The molecule has 16 heavy (non-hydrogen) atoms. The van der Waals surface area contributed by atoms with Gasteiger partial charge in [0.05, 0.1) is 11.4 Å². The molecule has 0 aromatic heterocycles. The predicted molar refractivity (Wildman–Crippen MR) is 68.2 cm³/mol. The molecule has 0 aliphatic heterocycles. The number of amides is 1. The minimum atomic E-state index is 0.0478. The molecule has 1 rings (SSSR count). The Morgan fingerprint density at radius 1 is 1.31 bits per heavy atom. The number of hydrogen-bond donors (Lipinski definition) is 2. The van der Waals surface area contributed by atoms with Gasteiger partial charge in [0.2, 0.25) is 5.91 Å². The van der Waals surface area contributed by atoms with Gasteiger partial charge in [-0.1, -0.05) is 38.8 Å². The summed E-state index contributed by atoms with van der Waals surface area (Å²) in [4.78, 5) is 11.7. The van der Waals surface area contributed by atoms with E-state index in [4.69, 9.17) is 5.73 Å². The number of para-hydroxylation sites is 2. The van der Waals surface area contributed by atoms with Gasteiger partial charge in [-0.3, -0.25) is 4.79 Å². The van der Waals surface area contributed by atoms with Gasteiger partial charge in [-0.15, -0.1) is 0 Å². The maximum Gasteiger partial charge on any atom is 0.224 e. The number of rotatable bonds is 5. The molecule has 3 N–H and O–H groups in total. The number of anilines is 2. The van der Waals surface area contributed by atoms with Crippen LogP contribution in [0.1, 0.15) is 33.1 Å². The van der Waals surface area contributed by atoms with E-state index in [2.05, 4.69) is 19.2 Å². The highest BCUT2D eigenvalue weighted by atomic mass is 16.1. The first-order valence-electron chi connectivity index (χ1n) is 5.81. The summed E-state index contributed by atoms with van der Waals surface area (Å²) in [6.07, 6.45) is 2.64. The van der Waals surface area contributed by atoms with Crippen molar-refractivity contribution in [3.05, 3.63) is 24.3 Å². The maximum absolute atomic E-state index is 11.7. The van der Waals surface area contributed by atoms with Crippen LogP contribution in [0, 0.1) is 5.92 Å². The van der Waals surface area contributed by atoms with E-state index in [9.17, 15) is 4.79 Å². The van der Waals surface area contributed by atoms with Crippen molar-refractivity contribution in [3.63, 3.8) is 0 Å². The van der Waals surface area contributed by atoms with E-state index in [1.165, 1.54) is 0 Å². The minimum absolute atomic E-state index is 0.0478. The van der Waals surface area contributed by atoms with Crippen LogP contribution < -0.4 is 11.1 Å². The summed E-state index contributed by atoms with van der Waals surface area (Å²) in [5.74, 6) is 0.511. The summed E-state index contributed by atoms with van der Waals surface area (Å²) in [6.45, 7) is 4.22. The SMILES string of the molecule is CCC(CC)CC(=O)Nc1ccccc1N. The van der Waals surface area contributed by atoms with Crippen molar-refractivity contribution in [3.8, 4) is 0 Å². The summed E-state index contributed by atoms with van der Waals surface area (Å²) >= 11 is 0. The van der Waals surface area contributed by atoms with Crippen LogP contribution in [-0.2, 0) is 4.79 Å². The van der Waals surface area contributed by atoms with Gasteiger partial charge in [0.1, 0.15) is 0 Å². The summed E-state index contributed by atoms with van der Waals surface area (Å²) in [5, 5.41) is 2.85. The quantitative estimate of drug-likeness (QED) is 0.749. The van der Waals surface area contributed by atoms with Crippen molar-refractivity contribution in [2.24, 2.45) is 5.92 Å². The van der Waals surface area contributed by atoms with Crippen LogP contribution in [0.15, 0.2) is 24.3 Å². The van der Waals surface area contributed by atoms with E-state index in [0.717, 1.165) is 12.8 Å². The molecule has 0 saturated heterocycles. The van der Waals surface area contributed by atoms with Gasteiger partial charge >= 0.3 is 0 Å². The van der Waals surface area contributed by atoms with Gasteiger partial charge in [0, 0.05) is 6.42 Å². The molecule has 0 bridgehead atoms. The normalized spacial score (nSPS) is 10.4. The molecular formula is C13H20N2O. The van der Waals surface area contributed by atoms with Crippen LogP contribution in [0.2, 0.25) is 0 Å². The second-order valence-corrected chi connectivity index (χ2v) is 4.02. The molecule has 0 aliphatic carbocycles. The van der Waals surface area contributed by atoms with Crippen molar-refractivity contribution >= 4 is 17.3 Å². The Bertz CT molecular complexity index is 346. The lowest BCUT2D eigenvalue weighted by atomic mass is 9.99.